The van der Waals surface area contributed by atoms with Crippen LogP contribution in [0.1, 0.15) is 10.5 Å². The Kier molecular flexibility index (Phi) is 3.94. The predicted octanol–water partition coefficient (Wildman–Crippen LogP) is 1.14. The van der Waals surface area contributed by atoms with Gasteiger partial charge in [-0.3, -0.25) is 4.79 Å². The molecule has 0 saturated heterocycles. The number of rotatable bonds is 4. The smallest absolute Gasteiger partial charge is 0.285 e. The molecule has 1 aromatic carbocycles. The van der Waals surface area contributed by atoms with Gasteiger partial charge in [-0.05, 0) is 18.2 Å². The third-order valence-electron chi connectivity index (χ3n) is 3.40. The number of carbonyl (C=O) groups is 1. The number of hydrogen-bond donors (Lipinski definition) is 2. The van der Waals surface area contributed by atoms with Crippen LogP contribution in [0.5, 0.6) is 0 Å². The van der Waals surface area contributed by atoms with Crippen LogP contribution in [-0.2, 0) is 10.0 Å². The monoisotopic (exact) mass is 345 g/mol. The van der Waals surface area contributed by atoms with Crippen molar-refractivity contribution in [3.63, 3.8) is 0 Å². The Labute approximate surface area is 138 Å². The number of hydrogen-bond acceptors (Lipinski definition) is 6. The molecule has 0 atom stereocenters. The lowest BCUT2D eigenvalue weighted by Gasteiger charge is -2.11. The third kappa shape index (κ3) is 2.93. The number of amides is 1. The van der Waals surface area contributed by atoms with Gasteiger partial charge < -0.3 is 9.88 Å². The first-order chi connectivity index (χ1) is 11.4. The zero-order valence-electron chi connectivity index (χ0n) is 13.0. The van der Waals surface area contributed by atoms with Gasteiger partial charge in [0.25, 0.3) is 15.9 Å². The van der Waals surface area contributed by atoms with E-state index < -0.39 is 15.9 Å². The summed E-state index contributed by atoms with van der Waals surface area (Å²) in [7, 11) is -0.461. The number of H-pyrrole nitrogens is 1. The summed E-state index contributed by atoms with van der Waals surface area (Å²) >= 11 is 0. The molecule has 3 rings (SSSR count). The molecule has 124 valence electrons. The summed E-state index contributed by atoms with van der Waals surface area (Å²) in [5, 5.41) is 0.506. The fraction of sp³-hybridized carbons (Fsp3) is 0.133. The molecule has 0 radical (unpaired) electrons. The highest BCUT2D eigenvalue weighted by atomic mass is 32.2. The fourth-order valence-electron chi connectivity index (χ4n) is 2.19. The van der Waals surface area contributed by atoms with E-state index in [1.54, 1.807) is 43.4 Å². The molecule has 0 aliphatic heterocycles. The number of aromatic amines is 1. The van der Waals surface area contributed by atoms with Crippen LogP contribution < -0.4 is 9.62 Å². The topological polar surface area (TPSA) is 108 Å². The maximum absolute atomic E-state index is 12.5. The minimum Gasteiger partial charge on any atom is -0.361 e. The van der Waals surface area contributed by atoms with E-state index in [0.29, 0.717) is 16.7 Å². The number of nitrogens with zero attached hydrogens (tertiary/aromatic N) is 3. The molecule has 0 unspecified atom stereocenters. The van der Waals surface area contributed by atoms with E-state index in [2.05, 4.69) is 15.0 Å². The number of benzene rings is 1. The van der Waals surface area contributed by atoms with Crippen molar-refractivity contribution in [2.24, 2.45) is 0 Å². The normalized spacial score (nSPS) is 11.4. The Morgan fingerprint density at radius 2 is 1.96 bits per heavy atom. The van der Waals surface area contributed by atoms with E-state index in [1.807, 2.05) is 4.72 Å². The van der Waals surface area contributed by atoms with Crippen molar-refractivity contribution in [3.05, 3.63) is 48.5 Å². The molecule has 0 fully saturated rings. The van der Waals surface area contributed by atoms with E-state index >= 15 is 0 Å². The van der Waals surface area contributed by atoms with E-state index in [1.165, 1.54) is 18.5 Å². The molecule has 2 heterocycles. The molecule has 2 N–H and O–H groups in total. The quantitative estimate of drug-likeness (QED) is 0.734. The lowest BCUT2D eigenvalue weighted by atomic mass is 10.2. The van der Waals surface area contributed by atoms with Crippen molar-refractivity contribution in [1.82, 2.24) is 19.7 Å². The first-order valence-corrected chi connectivity index (χ1v) is 8.49. The van der Waals surface area contributed by atoms with Crippen molar-refractivity contribution in [3.8, 4) is 0 Å². The molecule has 24 heavy (non-hydrogen) atoms. The SMILES string of the molecule is CN(C)c1cnc(C(=O)NS(=O)(=O)c2cccc3[nH]ccc23)cn1. The molecular weight excluding hydrogens is 330 g/mol. The van der Waals surface area contributed by atoms with Gasteiger partial charge in [0.1, 0.15) is 11.5 Å². The largest absolute Gasteiger partial charge is 0.361 e. The van der Waals surface area contributed by atoms with Gasteiger partial charge in [-0.2, -0.15) is 0 Å². The number of nitrogens with one attached hydrogen (secondary N) is 2. The van der Waals surface area contributed by atoms with Crippen LogP contribution >= 0.6 is 0 Å². The van der Waals surface area contributed by atoms with Gasteiger partial charge >= 0.3 is 0 Å². The second kappa shape index (κ2) is 5.93. The highest BCUT2D eigenvalue weighted by Crippen LogP contribution is 2.21. The fourth-order valence-corrected chi connectivity index (χ4v) is 3.37. The van der Waals surface area contributed by atoms with Gasteiger partial charge in [0.05, 0.1) is 17.3 Å². The molecule has 0 saturated carbocycles. The highest BCUT2D eigenvalue weighted by molar-refractivity contribution is 7.90. The lowest BCUT2D eigenvalue weighted by molar-refractivity contribution is 0.0976. The van der Waals surface area contributed by atoms with Crippen LogP contribution in [-0.4, -0.2) is 43.4 Å². The minimum atomic E-state index is -4.03. The van der Waals surface area contributed by atoms with Crippen LogP contribution in [0.25, 0.3) is 10.9 Å². The highest BCUT2D eigenvalue weighted by Gasteiger charge is 2.22. The zero-order valence-corrected chi connectivity index (χ0v) is 13.8. The van der Waals surface area contributed by atoms with Gasteiger partial charge in [-0.1, -0.05) is 6.07 Å². The maximum atomic E-state index is 12.5. The summed E-state index contributed by atoms with van der Waals surface area (Å²) in [5.41, 5.74) is 0.589. The number of anilines is 1. The molecule has 0 aliphatic rings. The van der Waals surface area contributed by atoms with E-state index in [0.717, 1.165) is 0 Å². The van der Waals surface area contributed by atoms with Crippen molar-refractivity contribution < 1.29 is 13.2 Å². The molecule has 3 aromatic rings. The second-order valence-electron chi connectivity index (χ2n) is 5.28. The molecule has 1 amide bonds. The van der Waals surface area contributed by atoms with Gasteiger partial charge in [0.15, 0.2) is 0 Å². The summed E-state index contributed by atoms with van der Waals surface area (Å²) in [4.78, 5) is 24.8. The number of sulfonamides is 1. The summed E-state index contributed by atoms with van der Waals surface area (Å²) in [6.07, 6.45) is 4.27. The van der Waals surface area contributed by atoms with Crippen molar-refractivity contribution >= 4 is 32.7 Å². The number of aromatic nitrogens is 3. The molecule has 2 aromatic heterocycles. The minimum absolute atomic E-state index is 0.0208. The Bertz CT molecular complexity index is 993. The summed E-state index contributed by atoms with van der Waals surface area (Å²) < 4.78 is 27.0. The van der Waals surface area contributed by atoms with Crippen LogP contribution in [0.2, 0.25) is 0 Å². The first-order valence-electron chi connectivity index (χ1n) is 7.01. The van der Waals surface area contributed by atoms with Gasteiger partial charge in [0.2, 0.25) is 0 Å². The van der Waals surface area contributed by atoms with E-state index in [4.69, 9.17) is 0 Å². The van der Waals surface area contributed by atoms with Crippen molar-refractivity contribution in [2.75, 3.05) is 19.0 Å². The number of fused-ring (bicyclic) bond motifs is 1. The van der Waals surface area contributed by atoms with Gasteiger partial charge in [-0.25, -0.2) is 23.1 Å². The van der Waals surface area contributed by atoms with Crippen LogP contribution in [0.4, 0.5) is 5.82 Å². The molecule has 0 spiro atoms. The molecule has 0 bridgehead atoms. The summed E-state index contributed by atoms with van der Waals surface area (Å²) in [6.45, 7) is 0. The second-order valence-corrected chi connectivity index (χ2v) is 6.93. The average Bonchev–Trinajstić information content (AvgIpc) is 3.02. The summed E-state index contributed by atoms with van der Waals surface area (Å²) in [5.74, 6) is -0.271. The molecule has 0 aliphatic carbocycles. The standard InChI is InChI=1S/C15H15N5O3S/c1-20(2)14-9-17-12(8-18-14)15(21)19-24(22,23)13-5-3-4-11-10(13)6-7-16-11/h3-9,16H,1-2H3,(H,19,21). The third-order valence-corrected chi connectivity index (χ3v) is 4.79. The Morgan fingerprint density at radius 3 is 2.62 bits per heavy atom. The lowest BCUT2D eigenvalue weighted by Crippen LogP contribution is -2.31. The van der Waals surface area contributed by atoms with Crippen molar-refractivity contribution in [1.29, 1.82) is 0 Å². The van der Waals surface area contributed by atoms with Crippen LogP contribution in [0, 0.1) is 0 Å². The van der Waals surface area contributed by atoms with E-state index in [-0.39, 0.29) is 10.6 Å². The Morgan fingerprint density at radius 1 is 1.17 bits per heavy atom. The number of carbonyl (C=O) groups excluding carboxylic acids is 1. The Hall–Kier alpha value is -2.94. The average molecular weight is 345 g/mol. The zero-order chi connectivity index (χ0) is 17.3. The van der Waals surface area contributed by atoms with E-state index in [9.17, 15) is 13.2 Å². The predicted molar refractivity (Wildman–Crippen MR) is 89.3 cm³/mol. The summed E-state index contributed by atoms with van der Waals surface area (Å²) in [6, 6.07) is 6.43. The first kappa shape index (κ1) is 15.9. The maximum Gasteiger partial charge on any atom is 0.285 e. The van der Waals surface area contributed by atoms with Gasteiger partial charge in [-0.15, -0.1) is 0 Å². The van der Waals surface area contributed by atoms with Gasteiger partial charge in [0, 0.05) is 31.2 Å². The molecule has 8 nitrogen and oxygen atoms in total. The van der Waals surface area contributed by atoms with Crippen LogP contribution in [0.3, 0.4) is 0 Å². The van der Waals surface area contributed by atoms with Crippen LogP contribution in [0.15, 0.2) is 47.8 Å². The molecule has 9 heteroatoms. The van der Waals surface area contributed by atoms with Crippen molar-refractivity contribution in [2.45, 2.75) is 4.90 Å². The Balaban J connectivity index is 1.89. The molecular formula is C15H15N5O3S.